The molecular weight excluding hydrogens is 266 g/mol. The Bertz CT molecular complexity index is 508. The zero-order chi connectivity index (χ0) is 15.8. The number of allylic oxidation sites excluding steroid dienone is 1. The zero-order valence-corrected chi connectivity index (χ0v) is 15.1. The van der Waals surface area contributed by atoms with Crippen molar-refractivity contribution < 1.29 is 0 Å². The summed E-state index contributed by atoms with van der Waals surface area (Å²) in [6.07, 6.45) is 13.4. The van der Waals surface area contributed by atoms with Crippen LogP contribution in [0.3, 0.4) is 0 Å². The van der Waals surface area contributed by atoms with E-state index in [0.29, 0.717) is 10.8 Å². The second-order valence-electron chi connectivity index (χ2n) is 9.94. The van der Waals surface area contributed by atoms with E-state index in [1.807, 2.05) is 0 Å². The van der Waals surface area contributed by atoms with Crippen LogP contribution in [0, 0.1) is 34.5 Å². The van der Waals surface area contributed by atoms with Crippen LogP contribution in [-0.2, 0) is 0 Å². The first-order chi connectivity index (χ1) is 10.3. The summed E-state index contributed by atoms with van der Waals surface area (Å²) in [7, 11) is 0. The monoisotopic (exact) mass is 301 g/mol. The predicted molar refractivity (Wildman–Crippen MR) is 93.5 cm³/mol. The Morgan fingerprint density at radius 3 is 2.55 bits per heavy atom. The Balaban J connectivity index is 1.75. The highest BCUT2D eigenvalue weighted by atomic mass is 14.9. The van der Waals surface area contributed by atoms with E-state index in [-0.39, 0.29) is 5.54 Å². The number of fused-ring (bicyclic) bond motifs is 5. The summed E-state index contributed by atoms with van der Waals surface area (Å²) in [5.41, 5.74) is 10.0. The average Bonchev–Trinajstić information content (AvgIpc) is 2.77. The Hall–Kier alpha value is -0.300. The van der Waals surface area contributed by atoms with Gasteiger partial charge in [0, 0.05) is 5.54 Å². The Labute approximate surface area is 137 Å². The first-order valence-electron chi connectivity index (χ1n) is 9.79. The van der Waals surface area contributed by atoms with E-state index in [1.54, 1.807) is 5.57 Å². The molecule has 0 bridgehead atoms. The highest BCUT2D eigenvalue weighted by Crippen LogP contribution is 2.67. The largest absolute Gasteiger partial charge is 0.324 e. The van der Waals surface area contributed by atoms with Crippen LogP contribution in [0.5, 0.6) is 0 Å². The predicted octanol–water partition coefficient (Wildman–Crippen LogP) is 5.30. The fourth-order valence-electron chi connectivity index (χ4n) is 7.32. The number of nitrogens with two attached hydrogens (primary N) is 1. The molecule has 1 nitrogen and oxygen atoms in total. The lowest BCUT2D eigenvalue weighted by molar-refractivity contribution is -0.0602. The Morgan fingerprint density at radius 2 is 1.77 bits per heavy atom. The summed E-state index contributed by atoms with van der Waals surface area (Å²) in [6.45, 7) is 10.0. The van der Waals surface area contributed by atoms with Gasteiger partial charge in [-0.05, 0) is 85.9 Å². The van der Waals surface area contributed by atoms with Crippen LogP contribution in [0.15, 0.2) is 11.6 Å². The van der Waals surface area contributed by atoms with E-state index in [9.17, 15) is 0 Å². The Kier molecular flexibility index (Phi) is 3.20. The summed E-state index contributed by atoms with van der Waals surface area (Å²) >= 11 is 0. The molecule has 4 aliphatic rings. The molecule has 4 aliphatic carbocycles. The normalized spacial score (nSPS) is 57.6. The van der Waals surface area contributed by atoms with Crippen molar-refractivity contribution in [3.8, 4) is 0 Å². The van der Waals surface area contributed by atoms with Gasteiger partial charge in [-0.25, -0.2) is 0 Å². The van der Waals surface area contributed by atoms with Crippen LogP contribution >= 0.6 is 0 Å². The molecule has 3 saturated carbocycles. The molecule has 0 saturated heterocycles. The van der Waals surface area contributed by atoms with Crippen LogP contribution in [0.1, 0.15) is 79.1 Å². The summed E-state index contributed by atoms with van der Waals surface area (Å²) < 4.78 is 0. The molecule has 7 atom stereocenters. The minimum absolute atomic E-state index is 0.0799. The number of rotatable bonds is 0. The first-order valence-corrected chi connectivity index (χ1v) is 9.79. The van der Waals surface area contributed by atoms with Crippen molar-refractivity contribution in [1.82, 2.24) is 0 Å². The maximum Gasteiger partial charge on any atom is 0.0260 e. The van der Waals surface area contributed by atoms with E-state index >= 15 is 0 Å². The van der Waals surface area contributed by atoms with Gasteiger partial charge in [-0.3, -0.25) is 0 Å². The third-order valence-electron chi connectivity index (χ3n) is 9.01. The van der Waals surface area contributed by atoms with Crippen molar-refractivity contribution in [2.75, 3.05) is 0 Å². The van der Waals surface area contributed by atoms with Crippen LogP contribution < -0.4 is 5.73 Å². The molecule has 0 spiro atoms. The maximum atomic E-state index is 7.28. The zero-order valence-electron chi connectivity index (χ0n) is 15.1. The van der Waals surface area contributed by atoms with E-state index < -0.39 is 0 Å². The minimum Gasteiger partial charge on any atom is -0.324 e. The smallest absolute Gasteiger partial charge is 0.0260 e. The highest BCUT2D eigenvalue weighted by molar-refractivity contribution is 5.30. The van der Waals surface area contributed by atoms with Gasteiger partial charge in [0.25, 0.3) is 0 Å². The summed E-state index contributed by atoms with van der Waals surface area (Å²) in [6, 6.07) is 0. The molecule has 124 valence electrons. The molecule has 0 aromatic heterocycles. The van der Waals surface area contributed by atoms with Gasteiger partial charge in [0.05, 0.1) is 0 Å². The molecule has 3 fully saturated rings. The summed E-state index contributed by atoms with van der Waals surface area (Å²) in [4.78, 5) is 0. The lowest BCUT2D eigenvalue weighted by Crippen LogP contribution is -2.65. The SMILES string of the molecule is CC1CC[C@H]2[C@]3(N)CC=C4C[C@@H](C)CC[C@]4(C)[C@H]3CC[C@]12C. The van der Waals surface area contributed by atoms with Crippen LogP contribution in [-0.4, -0.2) is 5.54 Å². The van der Waals surface area contributed by atoms with Gasteiger partial charge in [0.2, 0.25) is 0 Å². The lowest BCUT2D eigenvalue weighted by atomic mass is 9.44. The first kappa shape index (κ1) is 15.2. The molecule has 0 aromatic rings. The molecule has 0 aliphatic heterocycles. The molecule has 0 aromatic carbocycles. The van der Waals surface area contributed by atoms with Gasteiger partial charge < -0.3 is 5.73 Å². The maximum absolute atomic E-state index is 7.28. The fraction of sp³-hybridized carbons (Fsp3) is 0.905. The van der Waals surface area contributed by atoms with Crippen molar-refractivity contribution in [3.05, 3.63) is 11.6 Å². The van der Waals surface area contributed by atoms with Crippen molar-refractivity contribution in [3.63, 3.8) is 0 Å². The summed E-state index contributed by atoms with van der Waals surface area (Å²) in [5, 5.41) is 0. The lowest BCUT2D eigenvalue weighted by Gasteiger charge is -2.63. The quantitative estimate of drug-likeness (QED) is 0.603. The molecule has 4 rings (SSSR count). The topological polar surface area (TPSA) is 26.0 Å². The molecule has 0 radical (unpaired) electrons. The van der Waals surface area contributed by atoms with Crippen molar-refractivity contribution in [2.45, 2.75) is 84.6 Å². The third-order valence-corrected chi connectivity index (χ3v) is 9.01. The number of hydrogen-bond acceptors (Lipinski definition) is 1. The van der Waals surface area contributed by atoms with Crippen LogP contribution in [0.2, 0.25) is 0 Å². The molecular formula is C21H35N. The van der Waals surface area contributed by atoms with Crippen LogP contribution in [0.4, 0.5) is 0 Å². The Morgan fingerprint density at radius 1 is 1.00 bits per heavy atom. The van der Waals surface area contributed by atoms with E-state index in [0.717, 1.165) is 30.1 Å². The van der Waals surface area contributed by atoms with Crippen molar-refractivity contribution >= 4 is 0 Å². The van der Waals surface area contributed by atoms with Gasteiger partial charge in [-0.2, -0.15) is 0 Å². The standard InChI is InChI=1S/C21H35N/c1-14-7-10-20(4)16(13-14)8-12-21(22)17-6-5-15(2)19(17,3)11-9-18(20)21/h8,14-15,17-18H,5-7,9-13,22H2,1-4H3/t14-,15?,17+,18+,19+,20-,21+/m0/s1. The van der Waals surface area contributed by atoms with Crippen LogP contribution in [0.25, 0.3) is 0 Å². The fourth-order valence-corrected chi connectivity index (χ4v) is 7.32. The molecule has 22 heavy (non-hydrogen) atoms. The van der Waals surface area contributed by atoms with Gasteiger partial charge in [0.1, 0.15) is 0 Å². The summed E-state index contributed by atoms with van der Waals surface area (Å²) in [5.74, 6) is 3.23. The van der Waals surface area contributed by atoms with E-state index in [4.69, 9.17) is 5.73 Å². The molecule has 0 amide bonds. The van der Waals surface area contributed by atoms with Gasteiger partial charge in [0.15, 0.2) is 0 Å². The average molecular weight is 302 g/mol. The van der Waals surface area contributed by atoms with E-state index in [1.165, 1.54) is 44.9 Å². The third kappa shape index (κ3) is 1.75. The van der Waals surface area contributed by atoms with Crippen molar-refractivity contribution in [2.24, 2.45) is 40.2 Å². The second-order valence-corrected chi connectivity index (χ2v) is 9.94. The molecule has 1 heteroatoms. The molecule has 0 heterocycles. The highest BCUT2D eigenvalue weighted by Gasteiger charge is 2.63. The van der Waals surface area contributed by atoms with E-state index in [2.05, 4.69) is 33.8 Å². The van der Waals surface area contributed by atoms with Gasteiger partial charge >= 0.3 is 0 Å². The van der Waals surface area contributed by atoms with Gasteiger partial charge in [-0.1, -0.05) is 39.3 Å². The molecule has 1 unspecified atom stereocenters. The minimum atomic E-state index is 0.0799. The van der Waals surface area contributed by atoms with Crippen molar-refractivity contribution in [1.29, 1.82) is 0 Å². The second kappa shape index (κ2) is 4.62. The van der Waals surface area contributed by atoms with Gasteiger partial charge in [-0.15, -0.1) is 0 Å². The molecule has 2 N–H and O–H groups in total. The number of hydrogen-bond donors (Lipinski definition) is 1.